The Morgan fingerprint density at radius 1 is 1.37 bits per heavy atom. The van der Waals surface area contributed by atoms with Crippen molar-refractivity contribution in [2.75, 3.05) is 12.4 Å². The Kier molecular flexibility index (Phi) is 4.65. The van der Waals surface area contributed by atoms with Gasteiger partial charge < -0.3 is 5.11 Å². The quantitative estimate of drug-likeness (QED) is 0.523. The Morgan fingerprint density at radius 3 is 2.79 bits per heavy atom. The average Bonchev–Trinajstić information content (AvgIpc) is 2.66. The molecule has 0 spiro atoms. The Morgan fingerprint density at radius 2 is 2.11 bits per heavy atom. The summed E-state index contributed by atoms with van der Waals surface area (Å²) in [6, 6.07) is 0. The van der Waals surface area contributed by atoms with Crippen LogP contribution in [0, 0.1) is 13.8 Å². The summed E-state index contributed by atoms with van der Waals surface area (Å²) in [5.41, 5.74) is 1.08. The largest absolute Gasteiger partial charge is 0.396 e. The van der Waals surface area contributed by atoms with Gasteiger partial charge in [0.2, 0.25) is 0 Å². The Bertz CT molecular complexity index is 646. The van der Waals surface area contributed by atoms with Gasteiger partial charge in [0.05, 0.1) is 5.39 Å². The van der Waals surface area contributed by atoms with Gasteiger partial charge >= 0.3 is 0 Å². The van der Waals surface area contributed by atoms with Crippen molar-refractivity contribution in [2.24, 2.45) is 7.05 Å². The first-order valence-corrected chi connectivity index (χ1v) is 8.07. The highest BCUT2D eigenvalue weighted by atomic mass is 32.2. The summed E-state index contributed by atoms with van der Waals surface area (Å²) >= 11 is 3.16. The second-order valence-electron chi connectivity index (χ2n) is 4.50. The Labute approximate surface area is 120 Å². The van der Waals surface area contributed by atoms with Crippen LogP contribution in [0.15, 0.2) is 9.95 Å². The van der Waals surface area contributed by atoms with E-state index in [-0.39, 0.29) is 12.2 Å². The first-order chi connectivity index (χ1) is 9.06. The van der Waals surface area contributed by atoms with Gasteiger partial charge in [0.25, 0.3) is 5.56 Å². The maximum absolute atomic E-state index is 12.3. The van der Waals surface area contributed by atoms with Crippen LogP contribution < -0.4 is 5.56 Å². The third kappa shape index (κ3) is 2.85. The van der Waals surface area contributed by atoms with Crippen LogP contribution >= 0.6 is 23.1 Å². The van der Waals surface area contributed by atoms with E-state index in [9.17, 15) is 4.79 Å². The van der Waals surface area contributed by atoms with E-state index >= 15 is 0 Å². The van der Waals surface area contributed by atoms with Crippen molar-refractivity contribution in [1.82, 2.24) is 9.55 Å². The zero-order valence-electron chi connectivity index (χ0n) is 11.4. The lowest BCUT2D eigenvalue weighted by molar-refractivity contribution is 0.287. The van der Waals surface area contributed by atoms with Crippen molar-refractivity contribution in [3.8, 4) is 0 Å². The summed E-state index contributed by atoms with van der Waals surface area (Å²) in [6.45, 7) is 4.22. The lowest BCUT2D eigenvalue weighted by Crippen LogP contribution is -2.19. The molecule has 2 aromatic rings. The molecule has 0 bridgehead atoms. The average molecular weight is 298 g/mol. The molecule has 4 nitrogen and oxygen atoms in total. The van der Waals surface area contributed by atoms with Crippen molar-refractivity contribution >= 4 is 33.3 Å². The van der Waals surface area contributed by atoms with Gasteiger partial charge in [-0.05, 0) is 32.3 Å². The predicted octanol–water partition coefficient (Wildman–Crippen LogP) is 2.48. The maximum atomic E-state index is 12.3. The molecule has 0 unspecified atom stereocenters. The minimum Gasteiger partial charge on any atom is -0.396 e. The minimum absolute atomic E-state index is 0.0384. The van der Waals surface area contributed by atoms with Crippen LogP contribution in [0.5, 0.6) is 0 Å². The van der Waals surface area contributed by atoms with Crippen molar-refractivity contribution < 1.29 is 5.11 Å². The highest BCUT2D eigenvalue weighted by Crippen LogP contribution is 2.28. The van der Waals surface area contributed by atoms with Crippen LogP contribution in [-0.2, 0) is 7.05 Å². The fraction of sp³-hybridized carbons (Fsp3) is 0.538. The Hall–Kier alpha value is -0.850. The van der Waals surface area contributed by atoms with Crippen LogP contribution in [0.25, 0.3) is 10.2 Å². The molecule has 0 aliphatic carbocycles. The molecule has 2 rings (SSSR count). The number of nitrogens with zero attached hydrogens (tertiary/aromatic N) is 2. The molecule has 6 heteroatoms. The molecule has 2 heterocycles. The summed E-state index contributed by atoms with van der Waals surface area (Å²) in [6.07, 6.45) is 1.72. The lowest BCUT2D eigenvalue weighted by Gasteiger charge is -2.06. The molecule has 0 aliphatic rings. The molecule has 0 radical (unpaired) electrons. The third-order valence-corrected chi connectivity index (χ3v) is 5.37. The molecule has 19 heavy (non-hydrogen) atoms. The maximum Gasteiger partial charge on any atom is 0.262 e. The molecular weight excluding hydrogens is 280 g/mol. The van der Waals surface area contributed by atoms with E-state index in [1.54, 1.807) is 34.7 Å². The summed E-state index contributed by atoms with van der Waals surface area (Å²) in [5.74, 6) is 0.871. The van der Waals surface area contributed by atoms with Crippen molar-refractivity contribution in [3.63, 3.8) is 0 Å². The SMILES string of the molecule is Cc1sc2nc(SCCCCO)n(C)c(=O)c2c1C. The Balaban J connectivity index is 2.36. The molecule has 1 N–H and O–H groups in total. The molecule has 0 atom stereocenters. The van der Waals surface area contributed by atoms with Gasteiger partial charge in [-0.1, -0.05) is 11.8 Å². The number of hydrogen-bond acceptors (Lipinski definition) is 5. The number of aryl methyl sites for hydroxylation is 2. The van der Waals surface area contributed by atoms with Gasteiger partial charge in [-0.15, -0.1) is 11.3 Å². The van der Waals surface area contributed by atoms with E-state index in [0.717, 1.165) is 44.4 Å². The molecule has 0 fully saturated rings. The number of rotatable bonds is 5. The predicted molar refractivity (Wildman–Crippen MR) is 81.4 cm³/mol. The van der Waals surface area contributed by atoms with E-state index in [1.807, 2.05) is 13.8 Å². The van der Waals surface area contributed by atoms with Crippen LogP contribution in [0.1, 0.15) is 23.3 Å². The number of thioether (sulfide) groups is 1. The van der Waals surface area contributed by atoms with Gasteiger partial charge in [0.15, 0.2) is 5.16 Å². The normalized spacial score (nSPS) is 11.4. The summed E-state index contributed by atoms with van der Waals surface area (Å²) in [5, 5.41) is 10.3. The molecule has 104 valence electrons. The zero-order chi connectivity index (χ0) is 14.0. The fourth-order valence-corrected chi connectivity index (χ4v) is 3.90. The first-order valence-electron chi connectivity index (χ1n) is 6.26. The lowest BCUT2D eigenvalue weighted by atomic mass is 10.2. The first kappa shape index (κ1) is 14.6. The topological polar surface area (TPSA) is 55.1 Å². The van der Waals surface area contributed by atoms with E-state index in [2.05, 4.69) is 4.98 Å². The molecule has 0 aliphatic heterocycles. The van der Waals surface area contributed by atoms with Gasteiger partial charge in [-0.25, -0.2) is 4.98 Å². The number of unbranched alkanes of at least 4 members (excludes halogenated alkanes) is 1. The van der Waals surface area contributed by atoms with E-state index in [4.69, 9.17) is 5.11 Å². The molecule has 2 aromatic heterocycles. The van der Waals surface area contributed by atoms with Gasteiger partial charge in [-0.2, -0.15) is 0 Å². The van der Waals surface area contributed by atoms with E-state index in [0.29, 0.717) is 0 Å². The van der Waals surface area contributed by atoms with Gasteiger partial charge in [0, 0.05) is 24.3 Å². The second kappa shape index (κ2) is 6.07. The summed E-state index contributed by atoms with van der Waals surface area (Å²) in [4.78, 5) is 18.9. The monoisotopic (exact) mass is 298 g/mol. The third-order valence-electron chi connectivity index (χ3n) is 3.15. The number of aromatic nitrogens is 2. The number of thiophene rings is 1. The number of aliphatic hydroxyl groups excluding tert-OH is 1. The van der Waals surface area contributed by atoms with E-state index < -0.39 is 0 Å². The van der Waals surface area contributed by atoms with Crippen molar-refractivity contribution in [2.45, 2.75) is 31.8 Å². The van der Waals surface area contributed by atoms with Crippen LogP contribution in [0.4, 0.5) is 0 Å². The molecule has 0 aromatic carbocycles. The van der Waals surface area contributed by atoms with Gasteiger partial charge in [-0.3, -0.25) is 9.36 Å². The molecule has 0 saturated carbocycles. The molecular formula is C13H18N2O2S2. The highest BCUT2D eigenvalue weighted by molar-refractivity contribution is 7.99. The number of fused-ring (bicyclic) bond motifs is 1. The minimum atomic E-state index is 0.0384. The van der Waals surface area contributed by atoms with Crippen LogP contribution in [0.2, 0.25) is 0 Å². The number of hydrogen-bond donors (Lipinski definition) is 1. The summed E-state index contributed by atoms with van der Waals surface area (Å²) < 4.78 is 1.63. The smallest absolute Gasteiger partial charge is 0.262 e. The van der Waals surface area contributed by atoms with E-state index in [1.165, 1.54) is 0 Å². The standard InChI is InChI=1S/C13H18N2O2S2/c1-8-9(2)19-11-10(8)12(17)15(3)13(14-11)18-7-5-4-6-16/h16H,4-7H2,1-3H3. The van der Waals surface area contributed by atoms with Crippen LogP contribution in [0.3, 0.4) is 0 Å². The fourth-order valence-electron chi connectivity index (χ4n) is 1.86. The van der Waals surface area contributed by atoms with Gasteiger partial charge in [0.1, 0.15) is 4.83 Å². The zero-order valence-corrected chi connectivity index (χ0v) is 13.0. The molecule has 0 amide bonds. The van der Waals surface area contributed by atoms with Crippen molar-refractivity contribution in [1.29, 1.82) is 0 Å². The number of aliphatic hydroxyl groups is 1. The molecule has 0 saturated heterocycles. The van der Waals surface area contributed by atoms with Crippen LogP contribution in [-0.4, -0.2) is 27.0 Å². The second-order valence-corrected chi connectivity index (χ2v) is 6.77. The summed E-state index contributed by atoms with van der Waals surface area (Å²) in [7, 11) is 1.77. The van der Waals surface area contributed by atoms with Crippen molar-refractivity contribution in [3.05, 3.63) is 20.8 Å². The highest BCUT2D eigenvalue weighted by Gasteiger charge is 2.14.